The fraction of sp³-hybridized carbons (Fsp3) is 0. The van der Waals surface area contributed by atoms with E-state index >= 15 is 0 Å². The molecule has 0 atom stereocenters. The highest BCUT2D eigenvalue weighted by Gasteiger charge is 2.41. The Morgan fingerprint density at radius 3 is 1.66 bits per heavy atom. The molecule has 2 heteroatoms. The number of hydrogen-bond acceptors (Lipinski definition) is 0. The van der Waals surface area contributed by atoms with Gasteiger partial charge in [-0.15, -0.1) is 10.0 Å². The molecule has 0 amide bonds. The van der Waals surface area contributed by atoms with Crippen LogP contribution in [-0.2, 0) is 0 Å². The van der Waals surface area contributed by atoms with Crippen LogP contribution in [0.4, 0.5) is 0 Å². The van der Waals surface area contributed by atoms with E-state index in [1.165, 1.54) is 69.3 Å². The summed E-state index contributed by atoms with van der Waals surface area (Å²) in [6, 6.07) is 64.9. The summed E-state index contributed by atoms with van der Waals surface area (Å²) in [4.78, 5) is 5.58. The summed E-state index contributed by atoms with van der Waals surface area (Å²) in [5, 5.41) is 2.55. The predicted octanol–water partition coefficient (Wildman–Crippen LogP) is 11.8. The molecule has 208 valence electrons. The third-order valence-corrected chi connectivity index (χ3v) is 13.0. The maximum Gasteiger partial charge on any atom is 0.0541 e. The number of para-hydroxylation sites is 2. The Morgan fingerprint density at radius 1 is 0.364 bits per heavy atom. The first-order valence-electron chi connectivity index (χ1n) is 15.1. The molecule has 0 fully saturated rings. The van der Waals surface area contributed by atoms with Crippen molar-refractivity contribution in [2.24, 2.45) is 0 Å². The molecule has 0 saturated carbocycles. The number of fused-ring (bicyclic) bond motifs is 6. The van der Waals surface area contributed by atoms with Crippen molar-refractivity contribution in [3.05, 3.63) is 176 Å². The van der Waals surface area contributed by atoms with Crippen LogP contribution in [0.2, 0.25) is 0 Å². The largest absolute Gasteiger partial charge is 0.309 e. The van der Waals surface area contributed by atoms with Crippen LogP contribution in [0.25, 0.3) is 49.7 Å². The molecule has 2 heterocycles. The van der Waals surface area contributed by atoms with Crippen LogP contribution in [0.5, 0.6) is 0 Å². The normalized spacial score (nSPS) is 13.9. The van der Waals surface area contributed by atoms with Crippen molar-refractivity contribution >= 4 is 31.8 Å². The highest BCUT2D eigenvalue weighted by Crippen LogP contribution is 2.80. The standard InChI is InChI=1S/C42H29NS/c1-4-14-32(15-5-1)43-39-22-12-10-20-35(39)38-28-30(25-27-40(38)43)31-24-26-37-36-21-11-13-23-41(36)44(42(37)29-31,33-16-6-2-7-17-33)34-18-8-3-9-19-34/h1-29H. The molecule has 9 rings (SSSR count). The van der Waals surface area contributed by atoms with Gasteiger partial charge in [-0.1, -0.05) is 109 Å². The summed E-state index contributed by atoms with van der Waals surface area (Å²) in [6.07, 6.45) is 0. The van der Waals surface area contributed by atoms with Gasteiger partial charge in [0.1, 0.15) is 0 Å². The first-order valence-corrected chi connectivity index (χ1v) is 16.7. The SMILES string of the molecule is c1ccc(-n2c3ccccc3c3cc(-c4ccc5c(c4)S(c4ccccc4)(c4ccccc4)c4ccccc4-5)ccc32)cc1. The topological polar surface area (TPSA) is 4.93 Å². The summed E-state index contributed by atoms with van der Waals surface area (Å²) >= 11 is 0. The molecule has 0 unspecified atom stereocenters. The van der Waals surface area contributed by atoms with E-state index in [9.17, 15) is 0 Å². The fourth-order valence-electron chi connectivity index (χ4n) is 7.15. The Morgan fingerprint density at radius 2 is 0.909 bits per heavy atom. The Balaban J connectivity index is 1.31. The van der Waals surface area contributed by atoms with Gasteiger partial charge in [0.15, 0.2) is 0 Å². The third kappa shape index (κ3) is 3.55. The minimum absolute atomic E-state index is 1.18. The van der Waals surface area contributed by atoms with Crippen molar-refractivity contribution in [3.63, 3.8) is 0 Å². The lowest BCUT2D eigenvalue weighted by atomic mass is 9.99. The second-order valence-corrected chi connectivity index (χ2v) is 14.4. The lowest BCUT2D eigenvalue weighted by Crippen LogP contribution is -2.01. The Kier molecular flexibility index (Phi) is 5.66. The highest BCUT2D eigenvalue weighted by atomic mass is 32.3. The molecule has 0 aliphatic carbocycles. The highest BCUT2D eigenvalue weighted by molar-refractivity contribution is 8.34. The first-order chi connectivity index (χ1) is 21.8. The van der Waals surface area contributed by atoms with E-state index in [4.69, 9.17) is 0 Å². The predicted molar refractivity (Wildman–Crippen MR) is 185 cm³/mol. The Hall–Kier alpha value is -5.31. The molecule has 0 spiro atoms. The van der Waals surface area contributed by atoms with Crippen molar-refractivity contribution in [1.29, 1.82) is 0 Å². The summed E-state index contributed by atoms with van der Waals surface area (Å²) in [7, 11) is -1.68. The van der Waals surface area contributed by atoms with Crippen LogP contribution in [0, 0.1) is 0 Å². The van der Waals surface area contributed by atoms with Crippen LogP contribution in [0.15, 0.2) is 196 Å². The monoisotopic (exact) mass is 579 g/mol. The summed E-state index contributed by atoms with van der Waals surface area (Å²) in [6.45, 7) is 0. The fourth-order valence-corrected chi connectivity index (χ4v) is 11.4. The maximum atomic E-state index is 2.49. The van der Waals surface area contributed by atoms with E-state index in [0.29, 0.717) is 0 Å². The van der Waals surface area contributed by atoms with Gasteiger partial charge < -0.3 is 4.57 Å². The van der Waals surface area contributed by atoms with Gasteiger partial charge in [-0.3, -0.25) is 0 Å². The van der Waals surface area contributed by atoms with Crippen LogP contribution in [-0.4, -0.2) is 4.57 Å². The van der Waals surface area contributed by atoms with Crippen molar-refractivity contribution in [3.8, 4) is 27.9 Å². The van der Waals surface area contributed by atoms with Gasteiger partial charge in [-0.05, 0) is 89.0 Å². The van der Waals surface area contributed by atoms with Crippen molar-refractivity contribution in [2.75, 3.05) is 0 Å². The summed E-state index contributed by atoms with van der Waals surface area (Å²) in [5.74, 6) is 0. The molecule has 0 radical (unpaired) electrons. The second-order valence-electron chi connectivity index (χ2n) is 11.4. The molecule has 1 aromatic heterocycles. The van der Waals surface area contributed by atoms with Gasteiger partial charge in [0.05, 0.1) is 11.0 Å². The minimum atomic E-state index is -1.68. The van der Waals surface area contributed by atoms with Crippen molar-refractivity contribution in [1.82, 2.24) is 4.57 Å². The van der Waals surface area contributed by atoms with E-state index in [1.54, 1.807) is 0 Å². The van der Waals surface area contributed by atoms with E-state index < -0.39 is 10.0 Å². The number of rotatable bonds is 4. The van der Waals surface area contributed by atoms with Crippen LogP contribution >= 0.6 is 10.0 Å². The molecular weight excluding hydrogens is 551 g/mol. The van der Waals surface area contributed by atoms with Crippen molar-refractivity contribution < 1.29 is 0 Å². The maximum absolute atomic E-state index is 2.49. The van der Waals surface area contributed by atoms with Gasteiger partial charge in [0, 0.05) is 36.0 Å². The second kappa shape index (κ2) is 9.87. The Bertz CT molecular complexity index is 2280. The molecule has 0 saturated heterocycles. The van der Waals surface area contributed by atoms with Crippen LogP contribution < -0.4 is 0 Å². The van der Waals surface area contributed by atoms with Gasteiger partial charge in [-0.2, -0.15) is 0 Å². The quantitative estimate of drug-likeness (QED) is 0.195. The lowest BCUT2D eigenvalue weighted by molar-refractivity contribution is 1.18. The zero-order chi connectivity index (χ0) is 29.1. The van der Waals surface area contributed by atoms with E-state index in [0.717, 1.165) is 0 Å². The summed E-state index contributed by atoms with van der Waals surface area (Å²) in [5.41, 5.74) is 8.81. The van der Waals surface area contributed by atoms with E-state index in [1.807, 2.05) is 0 Å². The molecular formula is C42H29NS. The smallest absolute Gasteiger partial charge is 0.0541 e. The zero-order valence-corrected chi connectivity index (χ0v) is 24.9. The average Bonchev–Trinajstić information content (AvgIpc) is 3.59. The first kappa shape index (κ1) is 25.2. The zero-order valence-electron chi connectivity index (χ0n) is 24.1. The molecule has 1 aliphatic rings. The minimum Gasteiger partial charge on any atom is -0.309 e. The number of hydrogen-bond donors (Lipinski definition) is 0. The molecule has 44 heavy (non-hydrogen) atoms. The number of aromatic nitrogens is 1. The van der Waals surface area contributed by atoms with Gasteiger partial charge >= 0.3 is 0 Å². The van der Waals surface area contributed by atoms with E-state index in [-0.39, 0.29) is 0 Å². The van der Waals surface area contributed by atoms with E-state index in [2.05, 4.69) is 180 Å². The molecule has 0 bridgehead atoms. The average molecular weight is 580 g/mol. The van der Waals surface area contributed by atoms with Gasteiger partial charge in [0.25, 0.3) is 0 Å². The molecule has 7 aromatic carbocycles. The molecule has 1 aliphatic heterocycles. The van der Waals surface area contributed by atoms with Gasteiger partial charge in [-0.25, -0.2) is 0 Å². The molecule has 1 nitrogen and oxygen atoms in total. The van der Waals surface area contributed by atoms with Gasteiger partial charge in [0.2, 0.25) is 0 Å². The molecule has 0 N–H and O–H groups in total. The number of nitrogens with zero attached hydrogens (tertiary/aromatic N) is 1. The lowest BCUT2D eigenvalue weighted by Gasteiger charge is -2.39. The molecule has 8 aromatic rings. The van der Waals surface area contributed by atoms with Crippen LogP contribution in [0.3, 0.4) is 0 Å². The summed E-state index contributed by atoms with van der Waals surface area (Å²) < 4.78 is 2.38. The van der Waals surface area contributed by atoms with Crippen molar-refractivity contribution in [2.45, 2.75) is 19.6 Å². The van der Waals surface area contributed by atoms with Crippen LogP contribution in [0.1, 0.15) is 0 Å². The third-order valence-electron chi connectivity index (χ3n) is 9.03. The number of benzene rings is 7. The Labute approximate surface area is 259 Å².